The molecular formula is C42H77N5O6S. The molecule has 3 rings (SSSR count). The molecule has 312 valence electrons. The molecule has 2 saturated carbocycles. The second-order valence-corrected chi connectivity index (χ2v) is 18.4. The molecule has 0 spiro atoms. The second kappa shape index (κ2) is 25.4. The molecule has 1 aliphatic heterocycles. The molecule has 5 amide bonds. The van der Waals surface area contributed by atoms with E-state index >= 15 is 0 Å². The smallest absolute Gasteiger partial charge is 0.315 e. The number of ketones is 1. The van der Waals surface area contributed by atoms with Gasteiger partial charge in [-0.25, -0.2) is 4.79 Å². The number of likely N-dealkylation sites (tertiary alicyclic amines) is 1. The Morgan fingerprint density at radius 1 is 0.907 bits per heavy atom. The van der Waals surface area contributed by atoms with Crippen LogP contribution in [0.25, 0.3) is 0 Å². The first kappa shape index (κ1) is 49.3. The maximum Gasteiger partial charge on any atom is 0.315 e. The molecule has 11 nitrogen and oxygen atoms in total. The highest BCUT2D eigenvalue weighted by Crippen LogP contribution is 2.43. The Hall–Kier alpha value is -2.76. The van der Waals surface area contributed by atoms with Crippen molar-refractivity contribution in [1.29, 1.82) is 0 Å². The Kier molecular flexibility index (Phi) is 23.2. The second-order valence-electron chi connectivity index (χ2n) is 16.1. The zero-order valence-corrected chi connectivity index (χ0v) is 36.2. The first-order valence-corrected chi connectivity index (χ1v) is 22.5. The minimum atomic E-state index is -1.17. The highest BCUT2D eigenvalue weighted by atomic mass is 32.2. The van der Waals surface area contributed by atoms with E-state index < -0.39 is 62.7 Å². The van der Waals surface area contributed by atoms with E-state index in [4.69, 9.17) is 0 Å². The molecule has 4 N–H and O–H groups in total. The molecule has 2 aliphatic carbocycles. The summed E-state index contributed by atoms with van der Waals surface area (Å²) in [6.07, 6.45) is 14.9. The molecule has 1 heterocycles. The average molecular weight is 780 g/mol. The summed E-state index contributed by atoms with van der Waals surface area (Å²) in [5.41, 5.74) is -0.462. The van der Waals surface area contributed by atoms with E-state index in [0.717, 1.165) is 64.2 Å². The van der Waals surface area contributed by atoms with E-state index in [9.17, 15) is 28.2 Å². The van der Waals surface area contributed by atoms with E-state index in [1.807, 2.05) is 34.6 Å². The van der Waals surface area contributed by atoms with Crippen molar-refractivity contribution in [2.75, 3.05) is 18.8 Å². The molecule has 5 unspecified atom stereocenters. The van der Waals surface area contributed by atoms with Crippen LogP contribution in [0.5, 0.6) is 0 Å². The molecule has 5 atom stereocenters. The van der Waals surface area contributed by atoms with Crippen molar-refractivity contribution in [2.24, 2.45) is 11.3 Å². The molecule has 3 aliphatic rings. The van der Waals surface area contributed by atoms with E-state index in [1.165, 1.54) is 12.5 Å². The Labute approximate surface area is 330 Å². The van der Waals surface area contributed by atoms with Crippen LogP contribution in [0.4, 0.5) is 4.79 Å². The Morgan fingerprint density at radius 2 is 1.54 bits per heavy atom. The van der Waals surface area contributed by atoms with Crippen LogP contribution in [0.2, 0.25) is 0 Å². The molecule has 3 fully saturated rings. The van der Waals surface area contributed by atoms with E-state index in [0.29, 0.717) is 44.4 Å². The summed E-state index contributed by atoms with van der Waals surface area (Å²) in [6, 6.07) is -3.37. The highest BCUT2D eigenvalue weighted by Gasteiger charge is 2.48. The molecule has 0 aromatic carbocycles. The number of hydrogen-bond acceptors (Lipinski definition) is 6. The van der Waals surface area contributed by atoms with Crippen LogP contribution in [-0.2, 0) is 30.0 Å². The zero-order chi connectivity index (χ0) is 40.9. The standard InChI is InChI=1S/C37H63N5O6S.C3H8.C2H6/c1-7-10-12-16-27(25-49(48)36(4,5)6)39-35(47)41-31(37(9-3)20-13-11-14-21-37)34(46)42-23-15-17-29(42)32(44)40-28(24-26-18-19-26)30(43)33(45)38-22-8-2;1-3-2;1-2/h8,26-29,31H,2,7,9-25H2,1,3-6H3,(H,38,45)(H,40,44)(H2,39,41,47);3H2,1-2H3;1-2H3. The van der Waals surface area contributed by atoms with Gasteiger partial charge in [-0.15, -0.1) is 6.58 Å². The van der Waals surface area contributed by atoms with Gasteiger partial charge in [0, 0.05) is 40.4 Å². The van der Waals surface area contributed by atoms with E-state index in [1.54, 1.807) is 4.90 Å². The van der Waals surface area contributed by atoms with Gasteiger partial charge in [0.05, 0.1) is 6.04 Å². The van der Waals surface area contributed by atoms with Crippen LogP contribution in [-0.4, -0.2) is 86.4 Å². The summed E-state index contributed by atoms with van der Waals surface area (Å²) in [7, 11) is -1.17. The fourth-order valence-electron chi connectivity index (χ4n) is 7.27. The molecular weight excluding hydrogens is 703 g/mol. The van der Waals surface area contributed by atoms with E-state index in [-0.39, 0.29) is 24.4 Å². The number of urea groups is 1. The lowest BCUT2D eigenvalue weighted by Crippen LogP contribution is -2.62. The number of carbonyl (C=O) groups excluding carboxylic acids is 5. The summed E-state index contributed by atoms with van der Waals surface area (Å²) in [4.78, 5) is 69.4. The van der Waals surface area contributed by atoms with Gasteiger partial charge in [0.1, 0.15) is 12.1 Å². The predicted molar refractivity (Wildman–Crippen MR) is 221 cm³/mol. The van der Waals surface area contributed by atoms with Crippen molar-refractivity contribution in [3.05, 3.63) is 12.7 Å². The van der Waals surface area contributed by atoms with Crippen LogP contribution in [0.15, 0.2) is 12.7 Å². The van der Waals surface area contributed by atoms with Gasteiger partial charge in [0.25, 0.3) is 5.91 Å². The van der Waals surface area contributed by atoms with Crippen LogP contribution in [0, 0.1) is 11.3 Å². The first-order chi connectivity index (χ1) is 25.7. The SMILES string of the molecule is C=CCNC(=O)C(=O)C(CC1CC1)NC(=O)C1CCCN1C(=O)C(NC(=O)NC(CCCCC)CS(=O)C(C)(C)C)C1(CC)CCCCC1.CC.CCC. The minimum Gasteiger partial charge on any atom is -0.346 e. The van der Waals surface area contributed by atoms with Gasteiger partial charge in [-0.2, -0.15) is 0 Å². The maximum atomic E-state index is 14.6. The highest BCUT2D eigenvalue weighted by molar-refractivity contribution is 7.86. The summed E-state index contributed by atoms with van der Waals surface area (Å²) in [5.74, 6) is -1.58. The molecule has 0 aromatic heterocycles. The number of carbonyl (C=O) groups is 5. The summed E-state index contributed by atoms with van der Waals surface area (Å²) >= 11 is 0. The number of Topliss-reactive ketones (excluding diaryl/α,β-unsaturated/α-hetero) is 1. The average Bonchev–Trinajstić information content (AvgIpc) is 3.83. The third-order valence-corrected chi connectivity index (χ3v) is 12.7. The normalized spacial score (nSPS) is 19.9. The fourth-order valence-corrected chi connectivity index (χ4v) is 8.39. The van der Waals surface area contributed by atoms with Crippen LogP contribution >= 0.6 is 0 Å². The largest absolute Gasteiger partial charge is 0.346 e. The van der Waals surface area contributed by atoms with Gasteiger partial charge >= 0.3 is 6.03 Å². The van der Waals surface area contributed by atoms with Crippen LogP contribution in [0.3, 0.4) is 0 Å². The van der Waals surface area contributed by atoms with Gasteiger partial charge in [-0.05, 0) is 77.0 Å². The van der Waals surface area contributed by atoms with Crippen molar-refractivity contribution >= 4 is 40.3 Å². The molecule has 12 heteroatoms. The summed E-state index contributed by atoms with van der Waals surface area (Å²) < 4.78 is 12.7. The van der Waals surface area contributed by atoms with Gasteiger partial charge in [-0.3, -0.25) is 23.4 Å². The fraction of sp³-hybridized carbons (Fsp3) is 0.833. The Bertz CT molecular complexity index is 1210. The number of rotatable bonds is 19. The van der Waals surface area contributed by atoms with Gasteiger partial charge in [0.2, 0.25) is 17.6 Å². The minimum absolute atomic E-state index is 0.147. The van der Waals surface area contributed by atoms with Crippen molar-refractivity contribution in [3.63, 3.8) is 0 Å². The molecule has 54 heavy (non-hydrogen) atoms. The topological polar surface area (TPSA) is 154 Å². The molecule has 0 aromatic rings. The summed E-state index contributed by atoms with van der Waals surface area (Å²) in [6.45, 7) is 22.3. The zero-order valence-electron chi connectivity index (χ0n) is 35.4. The van der Waals surface area contributed by atoms with E-state index in [2.05, 4.69) is 55.5 Å². The quantitative estimate of drug-likeness (QED) is 0.0624. The monoisotopic (exact) mass is 780 g/mol. The maximum absolute atomic E-state index is 14.6. The number of hydrogen-bond donors (Lipinski definition) is 4. The van der Waals surface area contributed by atoms with Crippen molar-refractivity contribution in [2.45, 2.75) is 194 Å². The molecule has 1 saturated heterocycles. The van der Waals surface area contributed by atoms with Crippen molar-refractivity contribution < 1.29 is 28.2 Å². The number of unbranched alkanes of at least 4 members (excludes halogenated alkanes) is 2. The van der Waals surface area contributed by atoms with Crippen molar-refractivity contribution in [1.82, 2.24) is 26.2 Å². The lowest BCUT2D eigenvalue weighted by atomic mass is 9.67. The summed E-state index contributed by atoms with van der Waals surface area (Å²) in [5, 5.41) is 11.5. The van der Waals surface area contributed by atoms with Crippen LogP contribution in [0.1, 0.15) is 165 Å². The van der Waals surface area contributed by atoms with Gasteiger partial charge < -0.3 is 26.2 Å². The van der Waals surface area contributed by atoms with Gasteiger partial charge in [-0.1, -0.05) is 105 Å². The van der Waals surface area contributed by atoms with Gasteiger partial charge in [0.15, 0.2) is 0 Å². The number of amides is 5. The Balaban J connectivity index is 0.00000277. The lowest BCUT2D eigenvalue weighted by molar-refractivity contribution is -0.144. The molecule has 0 radical (unpaired) electrons. The molecule has 0 bridgehead atoms. The predicted octanol–water partition coefficient (Wildman–Crippen LogP) is 7.10. The first-order valence-electron chi connectivity index (χ1n) is 21.2. The number of nitrogens with one attached hydrogen (secondary N) is 4. The third-order valence-electron chi connectivity index (χ3n) is 10.6. The number of nitrogens with zero attached hydrogens (tertiary/aromatic N) is 1. The third kappa shape index (κ3) is 16.1. The lowest BCUT2D eigenvalue weighted by Gasteiger charge is -2.44. The Morgan fingerprint density at radius 3 is 2.07 bits per heavy atom. The van der Waals surface area contributed by atoms with Crippen molar-refractivity contribution in [3.8, 4) is 0 Å². The van der Waals surface area contributed by atoms with Crippen LogP contribution < -0.4 is 21.3 Å².